The Hall–Kier alpha value is -3.92. The van der Waals surface area contributed by atoms with Crippen molar-refractivity contribution in [2.75, 3.05) is 14.2 Å². The Bertz CT molecular complexity index is 1430. The third-order valence-corrected chi connectivity index (χ3v) is 7.90. The van der Waals surface area contributed by atoms with E-state index in [2.05, 4.69) is 5.32 Å². The summed E-state index contributed by atoms with van der Waals surface area (Å²) >= 11 is 13.3. The molecule has 9 nitrogen and oxygen atoms in total. The van der Waals surface area contributed by atoms with Crippen molar-refractivity contribution in [3.05, 3.63) is 106 Å². The van der Waals surface area contributed by atoms with Crippen LogP contribution in [0.3, 0.4) is 0 Å². The normalized spacial score (nSPS) is 23.9. The van der Waals surface area contributed by atoms with Gasteiger partial charge in [0, 0.05) is 21.2 Å². The third-order valence-electron chi connectivity index (χ3n) is 7.25. The number of nitrogens with one attached hydrogen (secondary N) is 1. The molecule has 2 heterocycles. The maximum Gasteiger partial charge on any atom is 0.331 e. The maximum absolute atomic E-state index is 14.2. The number of carbonyl (C=O) groups excluding carboxylic acids is 4. The summed E-state index contributed by atoms with van der Waals surface area (Å²) in [6.07, 6.45) is 0. The number of esters is 2. The SMILES string of the molecule is COC(=O)[C@@H]1[C@H](C(=O)OC)N2C(=O)[C@@H](NC(=O)c3ccccc3)[C@H](c3ccccc3)N2[C@H]1c1c(Cl)cccc1Cl. The lowest BCUT2D eigenvalue weighted by Gasteiger charge is -2.33. The molecule has 5 rings (SSSR count). The largest absolute Gasteiger partial charge is 0.469 e. The van der Waals surface area contributed by atoms with E-state index in [1.54, 1.807) is 77.8 Å². The highest BCUT2D eigenvalue weighted by molar-refractivity contribution is 6.36. The van der Waals surface area contributed by atoms with Crippen molar-refractivity contribution in [3.8, 4) is 0 Å². The number of rotatable bonds is 6. The maximum atomic E-state index is 14.2. The van der Waals surface area contributed by atoms with Crippen molar-refractivity contribution in [2.24, 2.45) is 5.92 Å². The first-order valence-corrected chi connectivity index (χ1v) is 13.2. The summed E-state index contributed by atoms with van der Waals surface area (Å²) in [6, 6.07) is 17.9. The van der Waals surface area contributed by atoms with Crippen LogP contribution in [0, 0.1) is 5.92 Å². The van der Waals surface area contributed by atoms with Crippen LogP contribution in [0.4, 0.5) is 0 Å². The highest BCUT2D eigenvalue weighted by Crippen LogP contribution is 2.54. The Morgan fingerprint density at radius 2 is 1.35 bits per heavy atom. The topological polar surface area (TPSA) is 105 Å². The number of fused-ring (bicyclic) bond motifs is 1. The second-order valence-corrected chi connectivity index (χ2v) is 10.1. The van der Waals surface area contributed by atoms with Crippen LogP contribution in [-0.4, -0.2) is 60.1 Å². The summed E-state index contributed by atoms with van der Waals surface area (Å²) in [6.45, 7) is 0. The lowest BCUT2D eigenvalue weighted by molar-refractivity contribution is -0.161. The zero-order valence-corrected chi connectivity index (χ0v) is 23.0. The van der Waals surface area contributed by atoms with Gasteiger partial charge in [-0.05, 0) is 29.8 Å². The second-order valence-electron chi connectivity index (χ2n) is 9.33. The second kappa shape index (κ2) is 11.3. The first-order valence-electron chi connectivity index (χ1n) is 12.4. The van der Waals surface area contributed by atoms with Gasteiger partial charge in [-0.15, -0.1) is 0 Å². The quantitative estimate of drug-likeness (QED) is 0.439. The van der Waals surface area contributed by atoms with Crippen molar-refractivity contribution in [3.63, 3.8) is 0 Å². The van der Waals surface area contributed by atoms with E-state index < -0.39 is 53.8 Å². The number of hydrazine groups is 1. The summed E-state index contributed by atoms with van der Waals surface area (Å²) in [4.78, 5) is 54.1. The molecule has 0 unspecified atom stereocenters. The number of carbonyl (C=O) groups is 4. The molecular weight excluding hydrogens is 557 g/mol. The number of hydrogen-bond acceptors (Lipinski definition) is 7. The van der Waals surface area contributed by atoms with E-state index in [1.165, 1.54) is 19.2 Å². The summed E-state index contributed by atoms with van der Waals surface area (Å²) in [5.41, 5.74) is 1.34. The molecule has 0 radical (unpaired) electrons. The average Bonchev–Trinajstić information content (AvgIpc) is 3.45. The van der Waals surface area contributed by atoms with Crippen molar-refractivity contribution in [2.45, 2.75) is 24.2 Å². The highest BCUT2D eigenvalue weighted by Gasteiger charge is 2.66. The number of nitrogens with zero attached hydrogens (tertiary/aromatic N) is 2. The van der Waals surface area contributed by atoms with Gasteiger partial charge in [0.1, 0.15) is 12.0 Å². The van der Waals surface area contributed by atoms with Crippen LogP contribution >= 0.6 is 23.2 Å². The molecular formula is C29H25Cl2N3O6. The molecule has 1 N–H and O–H groups in total. The van der Waals surface area contributed by atoms with Crippen molar-refractivity contribution >= 4 is 47.0 Å². The van der Waals surface area contributed by atoms with Crippen LogP contribution in [0.1, 0.15) is 33.6 Å². The molecule has 0 spiro atoms. The Balaban J connectivity index is 1.73. The van der Waals surface area contributed by atoms with Crippen LogP contribution in [0.25, 0.3) is 0 Å². The van der Waals surface area contributed by atoms with Gasteiger partial charge in [0.05, 0.1) is 26.3 Å². The number of amides is 2. The standard InChI is InChI=1S/C29H25Cl2N3O6/c1-39-28(37)21-24(20-18(30)14-9-15-19(20)31)33-23(16-10-5-3-6-11-16)22(27(36)34(33)25(21)29(38)40-2)32-26(35)17-12-7-4-8-13-17/h3-15,21-25H,1-2H3,(H,32,35)/t21-,22-,23-,24-,25+/m0/s1. The van der Waals surface area contributed by atoms with E-state index in [9.17, 15) is 19.2 Å². The van der Waals surface area contributed by atoms with Crippen LogP contribution in [-0.2, 0) is 23.9 Å². The van der Waals surface area contributed by atoms with Gasteiger partial charge < -0.3 is 14.8 Å². The lowest BCUT2D eigenvalue weighted by atomic mass is 9.86. The van der Waals surface area contributed by atoms with Gasteiger partial charge in [-0.2, -0.15) is 5.01 Å². The molecule has 0 aliphatic carbocycles. The fraction of sp³-hybridized carbons (Fsp3) is 0.241. The number of ether oxygens (including phenoxy) is 2. The molecule has 206 valence electrons. The summed E-state index contributed by atoms with van der Waals surface area (Å²) < 4.78 is 10.2. The zero-order valence-electron chi connectivity index (χ0n) is 21.5. The van der Waals surface area contributed by atoms with Gasteiger partial charge >= 0.3 is 11.9 Å². The number of methoxy groups -OCH3 is 2. The Kier molecular flexibility index (Phi) is 7.80. The van der Waals surface area contributed by atoms with E-state index in [-0.39, 0.29) is 10.0 Å². The molecule has 3 aromatic carbocycles. The molecule has 0 saturated carbocycles. The minimum Gasteiger partial charge on any atom is -0.469 e. The van der Waals surface area contributed by atoms with Crippen molar-refractivity contribution in [1.82, 2.24) is 15.3 Å². The predicted octanol–water partition coefficient (Wildman–Crippen LogP) is 3.98. The van der Waals surface area contributed by atoms with E-state index in [1.807, 2.05) is 6.07 Å². The minimum atomic E-state index is -1.41. The molecule has 2 aliphatic rings. The lowest BCUT2D eigenvalue weighted by Crippen LogP contribution is -2.50. The minimum absolute atomic E-state index is 0.230. The molecule has 11 heteroatoms. The van der Waals surface area contributed by atoms with Crippen LogP contribution in [0.2, 0.25) is 10.0 Å². The Morgan fingerprint density at radius 3 is 1.93 bits per heavy atom. The first-order chi connectivity index (χ1) is 19.3. The van der Waals surface area contributed by atoms with E-state index in [4.69, 9.17) is 32.7 Å². The van der Waals surface area contributed by atoms with E-state index in [0.717, 1.165) is 0 Å². The fourth-order valence-corrected chi connectivity index (χ4v) is 6.19. The monoisotopic (exact) mass is 581 g/mol. The van der Waals surface area contributed by atoms with E-state index in [0.29, 0.717) is 16.7 Å². The van der Waals surface area contributed by atoms with Crippen molar-refractivity contribution < 1.29 is 28.7 Å². The predicted molar refractivity (Wildman–Crippen MR) is 146 cm³/mol. The van der Waals surface area contributed by atoms with Crippen LogP contribution in [0.5, 0.6) is 0 Å². The van der Waals surface area contributed by atoms with Crippen LogP contribution in [0.15, 0.2) is 78.9 Å². The molecule has 2 amide bonds. The summed E-state index contributed by atoms with van der Waals surface area (Å²) in [5.74, 6) is -3.91. The molecule has 2 aliphatic heterocycles. The highest BCUT2D eigenvalue weighted by atomic mass is 35.5. The molecule has 5 atom stereocenters. The Labute approximate surface area is 240 Å². The molecule has 2 saturated heterocycles. The zero-order chi connectivity index (χ0) is 28.6. The van der Waals surface area contributed by atoms with Crippen LogP contribution < -0.4 is 5.32 Å². The van der Waals surface area contributed by atoms with Gasteiger partial charge in [-0.3, -0.25) is 19.4 Å². The molecule has 40 heavy (non-hydrogen) atoms. The van der Waals surface area contributed by atoms with Gasteiger partial charge in [0.15, 0.2) is 6.04 Å². The summed E-state index contributed by atoms with van der Waals surface area (Å²) in [7, 11) is 2.36. The fourth-order valence-electron chi connectivity index (χ4n) is 5.57. The first kappa shape index (κ1) is 27.6. The number of benzene rings is 3. The molecule has 3 aromatic rings. The molecule has 0 aromatic heterocycles. The van der Waals surface area contributed by atoms with Gasteiger partial charge in [-0.25, -0.2) is 4.79 Å². The number of hydrogen-bond donors (Lipinski definition) is 1. The molecule has 0 bridgehead atoms. The smallest absolute Gasteiger partial charge is 0.331 e. The average molecular weight is 582 g/mol. The van der Waals surface area contributed by atoms with Gasteiger partial charge in [-0.1, -0.05) is 77.8 Å². The summed E-state index contributed by atoms with van der Waals surface area (Å²) in [5, 5.41) is 6.10. The van der Waals surface area contributed by atoms with Crippen molar-refractivity contribution in [1.29, 1.82) is 0 Å². The van der Waals surface area contributed by atoms with Gasteiger partial charge in [0.25, 0.3) is 11.8 Å². The Morgan fingerprint density at radius 1 is 0.775 bits per heavy atom. The third kappa shape index (κ3) is 4.60. The van der Waals surface area contributed by atoms with E-state index >= 15 is 0 Å². The number of halogens is 2. The van der Waals surface area contributed by atoms with Gasteiger partial charge in [0.2, 0.25) is 0 Å². The molecule has 2 fully saturated rings.